The standard InChI is InChI=1S/C24H25ClFN5O4/c1-24(2,3)35-23(33)30-19-10-9-16(29-20-18(26)13-28-21(25)31-20)12-15(19)8-7-14-5-4-6-17(11-14)34-22(27)32/h4-6,9-13H,7-8H2,1-3H3,(H2,27,32)(H,30,33)(H,28,29,31). The normalized spacial score (nSPS) is 11.0. The van der Waals surface area contributed by atoms with Crippen LogP contribution in [0.4, 0.5) is 31.2 Å². The SMILES string of the molecule is CC(C)(C)OC(=O)Nc1ccc(Nc2nc(Cl)ncc2F)cc1CCc1cccc(OC(N)=O)c1. The van der Waals surface area contributed by atoms with Crippen LogP contribution in [0, 0.1) is 5.82 Å². The molecule has 0 aliphatic rings. The topological polar surface area (TPSA) is 128 Å². The van der Waals surface area contributed by atoms with Gasteiger partial charge in [0, 0.05) is 11.4 Å². The van der Waals surface area contributed by atoms with E-state index in [1.807, 2.05) is 6.07 Å². The van der Waals surface area contributed by atoms with Gasteiger partial charge in [0.15, 0.2) is 11.6 Å². The number of primary amides is 1. The van der Waals surface area contributed by atoms with Gasteiger partial charge in [0.2, 0.25) is 5.28 Å². The number of nitrogens with zero attached hydrogens (tertiary/aromatic N) is 2. The highest BCUT2D eigenvalue weighted by Crippen LogP contribution is 2.27. The Balaban J connectivity index is 1.85. The van der Waals surface area contributed by atoms with Crippen molar-refractivity contribution in [2.75, 3.05) is 10.6 Å². The van der Waals surface area contributed by atoms with Crippen LogP contribution in [0.15, 0.2) is 48.7 Å². The van der Waals surface area contributed by atoms with Crippen molar-refractivity contribution in [2.24, 2.45) is 5.73 Å². The summed E-state index contributed by atoms with van der Waals surface area (Å²) in [5.41, 5.74) is 7.07. The van der Waals surface area contributed by atoms with Crippen molar-refractivity contribution >= 4 is 41.0 Å². The Bertz CT molecular complexity index is 1230. The number of amides is 2. The van der Waals surface area contributed by atoms with E-state index in [0.717, 1.165) is 17.3 Å². The fraction of sp³-hybridized carbons (Fsp3) is 0.250. The van der Waals surface area contributed by atoms with E-state index in [0.29, 0.717) is 30.0 Å². The van der Waals surface area contributed by atoms with Crippen LogP contribution < -0.4 is 21.1 Å². The third kappa shape index (κ3) is 8.11. The Kier molecular flexibility index (Phi) is 8.08. The van der Waals surface area contributed by atoms with Gasteiger partial charge < -0.3 is 20.5 Å². The van der Waals surface area contributed by atoms with E-state index >= 15 is 0 Å². The molecule has 4 N–H and O–H groups in total. The number of hydrogen-bond acceptors (Lipinski definition) is 7. The van der Waals surface area contributed by atoms with E-state index in [4.69, 9.17) is 26.8 Å². The van der Waals surface area contributed by atoms with Crippen molar-refractivity contribution in [3.05, 3.63) is 70.9 Å². The number of halogens is 2. The second-order valence-corrected chi connectivity index (χ2v) is 8.87. The fourth-order valence-electron chi connectivity index (χ4n) is 3.14. The van der Waals surface area contributed by atoms with Gasteiger partial charge in [-0.15, -0.1) is 0 Å². The number of nitrogens with two attached hydrogens (primary N) is 1. The molecule has 9 nitrogen and oxygen atoms in total. The van der Waals surface area contributed by atoms with Crippen molar-refractivity contribution in [3.63, 3.8) is 0 Å². The quantitative estimate of drug-likeness (QED) is 0.359. The summed E-state index contributed by atoms with van der Waals surface area (Å²) in [6, 6.07) is 12.0. The lowest BCUT2D eigenvalue weighted by molar-refractivity contribution is 0.0635. The second kappa shape index (κ2) is 11.0. The molecule has 0 unspecified atom stereocenters. The van der Waals surface area contributed by atoms with Gasteiger partial charge in [-0.05, 0) is 86.7 Å². The second-order valence-electron chi connectivity index (χ2n) is 8.53. The van der Waals surface area contributed by atoms with Gasteiger partial charge in [0.1, 0.15) is 11.4 Å². The number of carbonyl (C=O) groups excluding carboxylic acids is 2. The predicted molar refractivity (Wildman–Crippen MR) is 131 cm³/mol. The highest BCUT2D eigenvalue weighted by Gasteiger charge is 2.18. The number of aromatic nitrogens is 2. The van der Waals surface area contributed by atoms with Gasteiger partial charge in [0.25, 0.3) is 0 Å². The summed E-state index contributed by atoms with van der Waals surface area (Å²) in [5, 5.41) is 5.53. The first-order chi connectivity index (χ1) is 16.5. The molecule has 0 radical (unpaired) electrons. The maximum absolute atomic E-state index is 14.1. The van der Waals surface area contributed by atoms with Crippen LogP contribution in [0.1, 0.15) is 31.9 Å². The summed E-state index contributed by atoms with van der Waals surface area (Å²) >= 11 is 5.78. The number of anilines is 3. The van der Waals surface area contributed by atoms with Gasteiger partial charge in [-0.25, -0.2) is 19.0 Å². The minimum Gasteiger partial charge on any atom is -0.444 e. The molecule has 0 saturated carbocycles. The molecule has 1 aromatic heterocycles. The molecule has 3 aromatic rings. The summed E-state index contributed by atoms with van der Waals surface area (Å²) in [6.45, 7) is 5.30. The Morgan fingerprint density at radius 1 is 1.14 bits per heavy atom. The third-order valence-corrected chi connectivity index (χ3v) is 4.70. The lowest BCUT2D eigenvalue weighted by Crippen LogP contribution is -2.27. The number of rotatable bonds is 7. The van der Waals surface area contributed by atoms with Gasteiger partial charge >= 0.3 is 12.2 Å². The zero-order valence-electron chi connectivity index (χ0n) is 19.4. The van der Waals surface area contributed by atoms with Crippen molar-refractivity contribution < 1.29 is 23.5 Å². The van der Waals surface area contributed by atoms with Crippen molar-refractivity contribution in [2.45, 2.75) is 39.2 Å². The molecular formula is C24H25ClFN5O4. The van der Waals surface area contributed by atoms with Crippen LogP contribution in [0.2, 0.25) is 5.28 Å². The molecule has 11 heteroatoms. The molecular weight excluding hydrogens is 477 g/mol. The average molecular weight is 502 g/mol. The van der Waals surface area contributed by atoms with Crippen LogP contribution in [0.25, 0.3) is 0 Å². The Labute approximate surface area is 206 Å². The number of aryl methyl sites for hydroxylation is 2. The van der Waals surface area contributed by atoms with Gasteiger partial charge in [-0.1, -0.05) is 12.1 Å². The number of ether oxygens (including phenoxy) is 2. The molecule has 0 aliphatic heterocycles. The van der Waals surface area contributed by atoms with Crippen molar-refractivity contribution in [1.82, 2.24) is 9.97 Å². The summed E-state index contributed by atoms with van der Waals surface area (Å²) in [4.78, 5) is 30.9. The number of nitrogens with one attached hydrogen (secondary N) is 2. The first kappa shape index (κ1) is 25.7. The zero-order chi connectivity index (χ0) is 25.6. The molecule has 184 valence electrons. The number of hydrogen-bond donors (Lipinski definition) is 3. The molecule has 0 aliphatic carbocycles. The maximum Gasteiger partial charge on any atom is 0.412 e. The minimum absolute atomic E-state index is 0.0832. The fourth-order valence-corrected chi connectivity index (χ4v) is 3.28. The van der Waals surface area contributed by atoms with Crippen LogP contribution in [0.5, 0.6) is 5.75 Å². The Morgan fingerprint density at radius 3 is 2.63 bits per heavy atom. The van der Waals surface area contributed by atoms with E-state index in [1.165, 1.54) is 0 Å². The lowest BCUT2D eigenvalue weighted by atomic mass is 10.0. The predicted octanol–water partition coefficient (Wildman–Crippen LogP) is 5.60. The Morgan fingerprint density at radius 2 is 1.91 bits per heavy atom. The van der Waals surface area contributed by atoms with Crippen LogP contribution in [0.3, 0.4) is 0 Å². The molecule has 0 atom stereocenters. The highest BCUT2D eigenvalue weighted by atomic mass is 35.5. The molecule has 2 aromatic carbocycles. The van der Waals surface area contributed by atoms with Crippen LogP contribution >= 0.6 is 11.6 Å². The molecule has 3 rings (SSSR count). The monoisotopic (exact) mass is 501 g/mol. The first-order valence-electron chi connectivity index (χ1n) is 10.6. The van der Waals surface area contributed by atoms with Gasteiger partial charge in [-0.2, -0.15) is 4.98 Å². The van der Waals surface area contributed by atoms with E-state index in [2.05, 4.69) is 20.6 Å². The largest absolute Gasteiger partial charge is 0.444 e. The number of carbonyl (C=O) groups is 2. The third-order valence-electron chi connectivity index (χ3n) is 4.52. The van der Waals surface area contributed by atoms with E-state index in [9.17, 15) is 14.0 Å². The lowest BCUT2D eigenvalue weighted by Gasteiger charge is -2.21. The van der Waals surface area contributed by atoms with Crippen molar-refractivity contribution in [3.8, 4) is 5.75 Å². The van der Waals surface area contributed by atoms with E-state index < -0.39 is 23.6 Å². The summed E-state index contributed by atoms with van der Waals surface area (Å²) in [7, 11) is 0. The van der Waals surface area contributed by atoms with Crippen LogP contribution in [-0.4, -0.2) is 27.8 Å². The van der Waals surface area contributed by atoms with E-state index in [-0.39, 0.29) is 11.1 Å². The molecule has 0 fully saturated rings. The molecule has 1 heterocycles. The van der Waals surface area contributed by atoms with Crippen LogP contribution in [-0.2, 0) is 17.6 Å². The molecule has 2 amide bonds. The zero-order valence-corrected chi connectivity index (χ0v) is 20.1. The number of benzene rings is 2. The van der Waals surface area contributed by atoms with Gasteiger partial charge in [-0.3, -0.25) is 5.32 Å². The summed E-state index contributed by atoms with van der Waals surface area (Å²) in [6.07, 6.45) is 0.480. The molecule has 35 heavy (non-hydrogen) atoms. The van der Waals surface area contributed by atoms with E-state index in [1.54, 1.807) is 57.2 Å². The molecule has 0 bridgehead atoms. The van der Waals surface area contributed by atoms with Crippen molar-refractivity contribution in [1.29, 1.82) is 0 Å². The van der Waals surface area contributed by atoms with Gasteiger partial charge in [0.05, 0.1) is 6.20 Å². The molecule has 0 spiro atoms. The first-order valence-corrected chi connectivity index (χ1v) is 11.0. The maximum atomic E-state index is 14.1. The summed E-state index contributed by atoms with van der Waals surface area (Å²) in [5.74, 6) is -0.424. The summed E-state index contributed by atoms with van der Waals surface area (Å²) < 4.78 is 24.4. The molecule has 0 saturated heterocycles. The minimum atomic E-state index is -0.901. The highest BCUT2D eigenvalue weighted by molar-refractivity contribution is 6.28. The smallest absolute Gasteiger partial charge is 0.412 e. The Hall–Kier alpha value is -3.92. The average Bonchev–Trinajstić information content (AvgIpc) is 2.75.